The minimum absolute atomic E-state index is 0.00505. The zero-order valence-corrected chi connectivity index (χ0v) is 14.2. The Morgan fingerprint density at radius 2 is 1.91 bits per heavy atom. The minimum atomic E-state index is -0.0528. The summed E-state index contributed by atoms with van der Waals surface area (Å²) in [6.45, 7) is 5.42. The van der Waals surface area contributed by atoms with Gasteiger partial charge >= 0.3 is 0 Å². The lowest BCUT2D eigenvalue weighted by atomic mass is 9.95. The highest BCUT2D eigenvalue weighted by atomic mass is 16.5. The summed E-state index contributed by atoms with van der Waals surface area (Å²) in [6.07, 6.45) is 2.01. The van der Waals surface area contributed by atoms with Crippen molar-refractivity contribution in [2.24, 2.45) is 11.8 Å². The normalized spacial score (nSPS) is 15.6. The predicted octanol–water partition coefficient (Wildman–Crippen LogP) is 2.92. The number of ether oxygens (including phenoxy) is 1. The molecule has 0 bridgehead atoms. The van der Waals surface area contributed by atoms with E-state index in [1.165, 1.54) is 0 Å². The number of amides is 2. The first-order valence-electron chi connectivity index (χ1n) is 8.23. The van der Waals surface area contributed by atoms with E-state index >= 15 is 0 Å². The van der Waals surface area contributed by atoms with Gasteiger partial charge in [0.1, 0.15) is 5.75 Å². The summed E-state index contributed by atoms with van der Waals surface area (Å²) >= 11 is 0. The number of nitrogens with one attached hydrogen (secondary N) is 1. The topological polar surface area (TPSA) is 58.6 Å². The number of nitrogens with zero attached hydrogens (tertiary/aromatic N) is 1. The van der Waals surface area contributed by atoms with Crippen LogP contribution in [0, 0.1) is 11.8 Å². The van der Waals surface area contributed by atoms with Gasteiger partial charge in [0.05, 0.1) is 12.8 Å². The summed E-state index contributed by atoms with van der Waals surface area (Å²) in [6, 6.07) is 7.39. The zero-order valence-electron chi connectivity index (χ0n) is 14.2. The molecule has 1 heterocycles. The summed E-state index contributed by atoms with van der Waals surface area (Å²) in [5.41, 5.74) is 0.693. The molecule has 0 radical (unpaired) electrons. The van der Waals surface area contributed by atoms with Gasteiger partial charge in [-0.2, -0.15) is 0 Å². The average molecular weight is 318 g/mol. The van der Waals surface area contributed by atoms with Crippen molar-refractivity contribution in [1.29, 1.82) is 0 Å². The van der Waals surface area contributed by atoms with Crippen molar-refractivity contribution in [2.75, 3.05) is 25.5 Å². The first kappa shape index (κ1) is 17.3. The second-order valence-electron chi connectivity index (χ2n) is 6.44. The van der Waals surface area contributed by atoms with E-state index in [0.29, 0.717) is 49.7 Å². The fourth-order valence-electron chi connectivity index (χ4n) is 2.85. The Morgan fingerprint density at radius 1 is 1.26 bits per heavy atom. The van der Waals surface area contributed by atoms with E-state index in [1.54, 1.807) is 7.11 Å². The van der Waals surface area contributed by atoms with Crippen LogP contribution in [0.5, 0.6) is 5.75 Å². The van der Waals surface area contributed by atoms with Gasteiger partial charge in [0.15, 0.2) is 0 Å². The van der Waals surface area contributed by atoms with Gasteiger partial charge in [-0.3, -0.25) is 9.59 Å². The molecule has 126 valence electrons. The lowest BCUT2D eigenvalue weighted by Gasteiger charge is -2.32. The maximum absolute atomic E-state index is 12.4. The third kappa shape index (κ3) is 4.71. The molecule has 1 aromatic carbocycles. The molecule has 0 aliphatic carbocycles. The van der Waals surface area contributed by atoms with Crippen molar-refractivity contribution in [1.82, 2.24) is 4.90 Å². The molecule has 1 aliphatic rings. The van der Waals surface area contributed by atoms with Crippen molar-refractivity contribution in [3.8, 4) is 5.75 Å². The highest BCUT2D eigenvalue weighted by molar-refractivity contribution is 5.94. The van der Waals surface area contributed by atoms with Gasteiger partial charge in [-0.25, -0.2) is 0 Å². The van der Waals surface area contributed by atoms with Crippen LogP contribution in [0.2, 0.25) is 0 Å². The van der Waals surface area contributed by atoms with Crippen molar-refractivity contribution < 1.29 is 14.3 Å². The number of likely N-dealkylation sites (tertiary alicyclic amines) is 1. The molecular formula is C18H26N2O3. The Balaban J connectivity index is 1.87. The van der Waals surface area contributed by atoms with Gasteiger partial charge < -0.3 is 15.0 Å². The summed E-state index contributed by atoms with van der Waals surface area (Å²) in [4.78, 5) is 26.4. The van der Waals surface area contributed by atoms with Crippen molar-refractivity contribution in [2.45, 2.75) is 33.1 Å². The molecule has 0 atom stereocenters. The van der Waals surface area contributed by atoms with Gasteiger partial charge in [-0.15, -0.1) is 0 Å². The highest BCUT2D eigenvalue weighted by Gasteiger charge is 2.27. The number of hydrogen-bond donors (Lipinski definition) is 1. The van der Waals surface area contributed by atoms with E-state index in [9.17, 15) is 9.59 Å². The molecule has 1 aliphatic heterocycles. The molecule has 23 heavy (non-hydrogen) atoms. The molecule has 0 unspecified atom stereocenters. The van der Waals surface area contributed by atoms with Crippen LogP contribution in [0.3, 0.4) is 0 Å². The molecule has 1 aromatic rings. The number of carbonyl (C=O) groups is 2. The van der Waals surface area contributed by atoms with Gasteiger partial charge in [0.2, 0.25) is 11.8 Å². The molecule has 1 saturated heterocycles. The van der Waals surface area contributed by atoms with E-state index in [1.807, 2.05) is 43.0 Å². The quantitative estimate of drug-likeness (QED) is 0.908. The molecular weight excluding hydrogens is 292 g/mol. The van der Waals surface area contributed by atoms with Crippen LogP contribution in [0.15, 0.2) is 24.3 Å². The first-order valence-corrected chi connectivity index (χ1v) is 8.23. The van der Waals surface area contributed by atoms with E-state index in [0.717, 1.165) is 0 Å². The van der Waals surface area contributed by atoms with E-state index < -0.39 is 0 Å². The summed E-state index contributed by atoms with van der Waals surface area (Å²) in [5.74, 6) is 1.18. The van der Waals surface area contributed by atoms with E-state index in [-0.39, 0.29) is 17.7 Å². The molecule has 2 amide bonds. The standard InChI is InChI=1S/C18H26N2O3/c1-13(2)12-17(21)20-10-8-14(9-11-20)18(22)19-15-6-4-5-7-16(15)23-3/h4-7,13-14H,8-12H2,1-3H3,(H,19,22). The average Bonchev–Trinajstić information content (AvgIpc) is 2.55. The van der Waals surface area contributed by atoms with Crippen LogP contribution in [-0.2, 0) is 9.59 Å². The SMILES string of the molecule is COc1ccccc1NC(=O)C1CCN(C(=O)CC(C)C)CC1. The number of methoxy groups -OCH3 is 1. The molecule has 0 spiro atoms. The monoisotopic (exact) mass is 318 g/mol. The van der Waals surface area contributed by atoms with Crippen molar-refractivity contribution in [3.63, 3.8) is 0 Å². The summed E-state index contributed by atoms with van der Waals surface area (Å²) in [7, 11) is 1.59. The highest BCUT2D eigenvalue weighted by Crippen LogP contribution is 2.26. The van der Waals surface area contributed by atoms with Gasteiger partial charge in [-0.05, 0) is 30.9 Å². The van der Waals surface area contributed by atoms with Crippen LogP contribution < -0.4 is 10.1 Å². The van der Waals surface area contributed by atoms with Gasteiger partial charge in [0.25, 0.3) is 0 Å². The van der Waals surface area contributed by atoms with Crippen LogP contribution in [-0.4, -0.2) is 36.9 Å². The van der Waals surface area contributed by atoms with Crippen LogP contribution in [0.4, 0.5) is 5.69 Å². The fourth-order valence-corrected chi connectivity index (χ4v) is 2.85. The van der Waals surface area contributed by atoms with E-state index in [4.69, 9.17) is 4.74 Å². The first-order chi connectivity index (χ1) is 11.0. The Hall–Kier alpha value is -2.04. The predicted molar refractivity (Wildman–Crippen MR) is 90.4 cm³/mol. The number of hydrogen-bond acceptors (Lipinski definition) is 3. The Kier molecular flexibility index (Phi) is 6.02. The van der Waals surface area contributed by atoms with Crippen LogP contribution >= 0.6 is 0 Å². The third-order valence-corrected chi connectivity index (χ3v) is 4.17. The number of para-hydroxylation sites is 2. The summed E-state index contributed by atoms with van der Waals surface area (Å²) < 4.78 is 5.25. The van der Waals surface area contributed by atoms with Crippen LogP contribution in [0.1, 0.15) is 33.1 Å². The number of rotatable bonds is 5. The van der Waals surface area contributed by atoms with Crippen molar-refractivity contribution in [3.05, 3.63) is 24.3 Å². The lowest BCUT2D eigenvalue weighted by Crippen LogP contribution is -2.41. The number of benzene rings is 1. The molecule has 0 saturated carbocycles. The van der Waals surface area contributed by atoms with Crippen LogP contribution in [0.25, 0.3) is 0 Å². The maximum atomic E-state index is 12.4. The van der Waals surface area contributed by atoms with E-state index in [2.05, 4.69) is 5.32 Å². The third-order valence-electron chi connectivity index (χ3n) is 4.17. The van der Waals surface area contributed by atoms with Crippen molar-refractivity contribution >= 4 is 17.5 Å². The molecule has 5 nitrogen and oxygen atoms in total. The molecule has 0 aromatic heterocycles. The molecule has 1 N–H and O–H groups in total. The largest absolute Gasteiger partial charge is 0.495 e. The number of anilines is 1. The van der Waals surface area contributed by atoms with Gasteiger partial charge in [0, 0.05) is 25.4 Å². The number of carbonyl (C=O) groups excluding carboxylic acids is 2. The smallest absolute Gasteiger partial charge is 0.227 e. The number of piperidine rings is 1. The second kappa shape index (κ2) is 7.99. The Labute approximate surface area is 138 Å². The Morgan fingerprint density at radius 3 is 2.52 bits per heavy atom. The molecule has 2 rings (SSSR count). The molecule has 1 fully saturated rings. The lowest BCUT2D eigenvalue weighted by molar-refractivity contribution is -0.135. The zero-order chi connectivity index (χ0) is 16.8. The summed E-state index contributed by atoms with van der Waals surface area (Å²) in [5, 5.41) is 2.94. The van der Waals surface area contributed by atoms with Gasteiger partial charge in [-0.1, -0.05) is 26.0 Å². The maximum Gasteiger partial charge on any atom is 0.227 e. The molecule has 5 heteroatoms. The minimum Gasteiger partial charge on any atom is -0.495 e. The fraction of sp³-hybridized carbons (Fsp3) is 0.556. The Bertz CT molecular complexity index is 549. The second-order valence-corrected chi connectivity index (χ2v) is 6.44.